The number of aromatic hydroxyl groups is 1. The summed E-state index contributed by atoms with van der Waals surface area (Å²) in [4.78, 5) is 0. The number of rotatable bonds is 4. The molecule has 2 N–H and O–H groups in total. The van der Waals surface area contributed by atoms with Crippen LogP contribution in [0.15, 0.2) is 33.3 Å². The number of phenols is 1. The molecule has 0 unspecified atom stereocenters. The van der Waals surface area contributed by atoms with Gasteiger partial charge < -0.3 is 10.5 Å². The number of halogens is 2. The average molecular weight is 408 g/mol. The van der Waals surface area contributed by atoms with E-state index in [0.29, 0.717) is 34.4 Å². The lowest BCUT2D eigenvalue weighted by Gasteiger charge is -2.28. The van der Waals surface area contributed by atoms with E-state index >= 15 is 0 Å². The first-order valence-electron chi connectivity index (χ1n) is 9.42. The summed E-state index contributed by atoms with van der Waals surface area (Å²) in [6.45, 7) is 14.6. The summed E-state index contributed by atoms with van der Waals surface area (Å²) in [7, 11) is 0. The Bertz CT molecular complexity index is 798. The van der Waals surface area contributed by atoms with Crippen LogP contribution in [-0.2, 0) is 17.3 Å². The molecule has 0 heterocycles. The van der Waals surface area contributed by atoms with Crippen LogP contribution in [0.2, 0.25) is 0 Å². The fourth-order valence-electron chi connectivity index (χ4n) is 3.38. The van der Waals surface area contributed by atoms with Gasteiger partial charge in [0.15, 0.2) is 0 Å². The van der Waals surface area contributed by atoms with Gasteiger partial charge in [-0.15, -0.1) is 0 Å². The van der Waals surface area contributed by atoms with E-state index in [1.165, 1.54) is 0 Å². The molecular weight excluding hydrogens is 377 g/mol. The lowest BCUT2D eigenvalue weighted by Crippen LogP contribution is -2.18. The highest BCUT2D eigenvalue weighted by Crippen LogP contribution is 2.41. The molecule has 0 saturated carbocycles. The van der Waals surface area contributed by atoms with E-state index in [4.69, 9.17) is 28.6 Å². The predicted octanol–water partition coefficient (Wildman–Crippen LogP) is 7.35. The molecule has 1 aliphatic carbocycles. The molecule has 148 valence electrons. The summed E-state index contributed by atoms with van der Waals surface area (Å²) in [6.07, 6.45) is 1.99. The van der Waals surface area contributed by atoms with E-state index in [2.05, 4.69) is 53.7 Å². The molecule has 0 saturated heterocycles. The summed E-state index contributed by atoms with van der Waals surface area (Å²) < 4.78 is 0. The molecule has 2 rings (SSSR count). The predicted molar refractivity (Wildman–Crippen MR) is 118 cm³/mol. The van der Waals surface area contributed by atoms with E-state index in [0.717, 1.165) is 34.3 Å². The first-order chi connectivity index (χ1) is 12.2. The third kappa shape index (κ3) is 4.78. The zero-order valence-electron chi connectivity index (χ0n) is 17.5. The van der Waals surface area contributed by atoms with Crippen LogP contribution < -0.4 is 0 Å². The molecule has 0 amide bonds. The monoisotopic (exact) mass is 407 g/mol. The van der Waals surface area contributed by atoms with Gasteiger partial charge in [-0.3, -0.25) is 0 Å². The lowest BCUT2D eigenvalue weighted by atomic mass is 9.78. The van der Waals surface area contributed by atoms with Gasteiger partial charge in [-0.1, -0.05) is 76.9 Å². The second-order valence-corrected chi connectivity index (χ2v) is 10.3. The topological polar surface area (TPSA) is 44.1 Å². The molecule has 0 fully saturated rings. The van der Waals surface area contributed by atoms with Crippen molar-refractivity contribution < 1.29 is 5.11 Å². The quantitative estimate of drug-likeness (QED) is 0.503. The maximum atomic E-state index is 10.8. The Morgan fingerprint density at radius 2 is 1.48 bits per heavy atom. The number of phenolic OH excluding ortho intramolecular Hbond substituents is 1. The van der Waals surface area contributed by atoms with Crippen LogP contribution in [0.4, 0.5) is 0 Å². The molecule has 0 aromatic heterocycles. The Hall–Kier alpha value is -1.25. The second-order valence-electron chi connectivity index (χ2n) is 9.58. The Labute approximate surface area is 173 Å². The van der Waals surface area contributed by atoms with Crippen LogP contribution in [0.3, 0.4) is 0 Å². The number of allylic oxidation sites excluding steroid dienone is 4. The van der Waals surface area contributed by atoms with Crippen LogP contribution >= 0.6 is 23.2 Å². The minimum atomic E-state index is -0.153. The highest BCUT2D eigenvalue weighted by Gasteiger charge is 2.27. The lowest BCUT2D eigenvalue weighted by molar-refractivity contribution is 0.422. The number of hydrogen-bond acceptors (Lipinski definition) is 2. The van der Waals surface area contributed by atoms with Gasteiger partial charge >= 0.3 is 0 Å². The first kappa shape index (κ1) is 22.0. The standard InChI is InChI=1S/C23H31Cl2NO/c1-13-10-15(20(25)19(13)24)18(26)9-8-14-11-16(22(2,3)4)21(27)17(12-14)23(5,6)7/h11-12,26-27H,8-10H2,1-7H3. The van der Waals surface area contributed by atoms with Crippen LogP contribution in [0.5, 0.6) is 5.75 Å². The van der Waals surface area contributed by atoms with Crippen LogP contribution in [0, 0.1) is 5.41 Å². The normalized spacial score (nSPS) is 15.7. The van der Waals surface area contributed by atoms with Crippen LogP contribution in [0.1, 0.15) is 78.0 Å². The molecule has 0 bridgehead atoms. The van der Waals surface area contributed by atoms with Crippen LogP contribution in [-0.4, -0.2) is 10.8 Å². The fourth-order valence-corrected chi connectivity index (χ4v) is 3.90. The van der Waals surface area contributed by atoms with Crippen molar-refractivity contribution >= 4 is 28.9 Å². The van der Waals surface area contributed by atoms with Gasteiger partial charge in [0.2, 0.25) is 0 Å². The molecule has 0 radical (unpaired) electrons. The van der Waals surface area contributed by atoms with Gasteiger partial charge in [-0.05, 0) is 64.9 Å². The van der Waals surface area contributed by atoms with Crippen molar-refractivity contribution in [3.63, 3.8) is 0 Å². The van der Waals surface area contributed by atoms with Crippen molar-refractivity contribution in [3.8, 4) is 5.75 Å². The van der Waals surface area contributed by atoms with Gasteiger partial charge in [0.25, 0.3) is 0 Å². The molecular formula is C23H31Cl2NO. The number of hydrogen-bond donors (Lipinski definition) is 2. The SMILES string of the molecule is CC1=C(Cl)C(Cl)=C(C(=N)CCc2cc(C(C)(C)C)c(O)c(C(C)(C)C)c2)C1. The number of nitrogens with one attached hydrogen (secondary N) is 1. The van der Waals surface area contributed by atoms with Gasteiger partial charge in [-0.25, -0.2) is 0 Å². The maximum Gasteiger partial charge on any atom is 0.123 e. The molecule has 27 heavy (non-hydrogen) atoms. The van der Waals surface area contributed by atoms with E-state index in [-0.39, 0.29) is 10.8 Å². The van der Waals surface area contributed by atoms with E-state index in [1.807, 2.05) is 6.92 Å². The largest absolute Gasteiger partial charge is 0.507 e. The zero-order chi connectivity index (χ0) is 20.7. The Morgan fingerprint density at radius 3 is 1.85 bits per heavy atom. The molecule has 0 atom stereocenters. The van der Waals surface area contributed by atoms with E-state index in [1.54, 1.807) is 0 Å². The van der Waals surface area contributed by atoms with Crippen molar-refractivity contribution in [2.24, 2.45) is 0 Å². The third-order valence-electron chi connectivity index (χ3n) is 5.09. The highest BCUT2D eigenvalue weighted by molar-refractivity contribution is 6.46. The molecule has 1 aliphatic rings. The molecule has 2 nitrogen and oxygen atoms in total. The van der Waals surface area contributed by atoms with Crippen molar-refractivity contribution in [3.05, 3.63) is 50.0 Å². The van der Waals surface area contributed by atoms with Crippen molar-refractivity contribution in [1.29, 1.82) is 5.41 Å². The average Bonchev–Trinajstić information content (AvgIpc) is 2.79. The molecule has 1 aromatic carbocycles. The number of aryl methyl sites for hydroxylation is 1. The minimum Gasteiger partial charge on any atom is -0.507 e. The minimum absolute atomic E-state index is 0.153. The Kier molecular flexibility index (Phi) is 6.24. The second kappa shape index (κ2) is 7.64. The highest BCUT2D eigenvalue weighted by atomic mass is 35.5. The molecule has 1 aromatic rings. The van der Waals surface area contributed by atoms with E-state index < -0.39 is 0 Å². The van der Waals surface area contributed by atoms with Crippen LogP contribution in [0.25, 0.3) is 0 Å². The van der Waals surface area contributed by atoms with Gasteiger partial charge in [0.1, 0.15) is 5.75 Å². The van der Waals surface area contributed by atoms with E-state index in [9.17, 15) is 5.11 Å². The Balaban J connectivity index is 2.31. The smallest absolute Gasteiger partial charge is 0.123 e. The molecule has 0 aliphatic heterocycles. The van der Waals surface area contributed by atoms with Crippen molar-refractivity contribution in [2.45, 2.75) is 78.6 Å². The van der Waals surface area contributed by atoms with Crippen molar-refractivity contribution in [1.82, 2.24) is 0 Å². The first-order valence-corrected chi connectivity index (χ1v) is 10.2. The molecule has 0 spiro atoms. The maximum absolute atomic E-state index is 10.8. The summed E-state index contributed by atoms with van der Waals surface area (Å²) in [5, 5.41) is 20.4. The number of benzene rings is 1. The molecule has 4 heteroatoms. The fraction of sp³-hybridized carbons (Fsp3) is 0.522. The van der Waals surface area contributed by atoms with Crippen molar-refractivity contribution in [2.75, 3.05) is 0 Å². The summed E-state index contributed by atoms with van der Waals surface area (Å²) >= 11 is 12.5. The van der Waals surface area contributed by atoms with Gasteiger partial charge in [-0.2, -0.15) is 0 Å². The summed E-state index contributed by atoms with van der Waals surface area (Å²) in [5.74, 6) is 0.391. The zero-order valence-corrected chi connectivity index (χ0v) is 19.0. The Morgan fingerprint density at radius 1 is 1.00 bits per heavy atom. The summed E-state index contributed by atoms with van der Waals surface area (Å²) in [5.41, 5.74) is 5.14. The third-order valence-corrected chi connectivity index (χ3v) is 6.11. The van der Waals surface area contributed by atoms with Gasteiger partial charge in [0.05, 0.1) is 10.1 Å². The summed E-state index contributed by atoms with van der Waals surface area (Å²) in [6, 6.07) is 4.16. The van der Waals surface area contributed by atoms with Gasteiger partial charge in [0, 0.05) is 5.71 Å².